The lowest BCUT2D eigenvalue weighted by atomic mass is 10.1. The lowest BCUT2D eigenvalue weighted by Crippen LogP contribution is -2.43. The zero-order valence-electron chi connectivity index (χ0n) is 17.8. The van der Waals surface area contributed by atoms with Crippen LogP contribution in [0.2, 0.25) is 0 Å². The van der Waals surface area contributed by atoms with E-state index in [0.717, 1.165) is 56.6 Å². The zero-order chi connectivity index (χ0) is 21.4. The summed E-state index contributed by atoms with van der Waals surface area (Å²) in [6.45, 7) is 12.4. The molecule has 2 rings (SSSR count). The molecule has 0 atom stereocenters. The molecule has 28 heavy (non-hydrogen) atoms. The number of carbonyl (C=O) groups is 3. The van der Waals surface area contributed by atoms with Gasteiger partial charge >= 0.3 is 0 Å². The molecule has 0 bridgehead atoms. The zero-order valence-corrected chi connectivity index (χ0v) is 17.8. The van der Waals surface area contributed by atoms with Crippen molar-refractivity contribution >= 4 is 24.7 Å². The number of nitrogens with one attached hydrogen (secondary N) is 2. The van der Waals surface area contributed by atoms with E-state index >= 15 is 0 Å². The average molecular weight is 393 g/mol. The van der Waals surface area contributed by atoms with Gasteiger partial charge in [-0.2, -0.15) is 0 Å². The minimum atomic E-state index is 0.0188. The van der Waals surface area contributed by atoms with Crippen LogP contribution >= 0.6 is 0 Å². The van der Waals surface area contributed by atoms with Gasteiger partial charge in [-0.1, -0.05) is 27.2 Å². The van der Waals surface area contributed by atoms with E-state index in [2.05, 4.69) is 28.6 Å². The Bertz CT molecular complexity index is 575. The Morgan fingerprint density at radius 1 is 1.29 bits per heavy atom. The van der Waals surface area contributed by atoms with Gasteiger partial charge in [0.15, 0.2) is 0 Å². The number of rotatable bonds is 8. The van der Waals surface area contributed by atoms with Crippen molar-refractivity contribution in [3.63, 3.8) is 0 Å². The molecule has 0 spiro atoms. The first-order valence-corrected chi connectivity index (χ1v) is 9.97. The van der Waals surface area contributed by atoms with Gasteiger partial charge in [0.1, 0.15) is 13.1 Å². The summed E-state index contributed by atoms with van der Waals surface area (Å²) in [7, 11) is 1.83. The van der Waals surface area contributed by atoms with Gasteiger partial charge in [0.2, 0.25) is 5.91 Å². The first-order chi connectivity index (χ1) is 13.6. The molecule has 1 aliphatic heterocycles. The SMILES string of the molecule is C=O.CC.CCCCC(=O)NN(C)Cc1cc(N2CCNCC2)ccc1C=O. The third-order valence-corrected chi connectivity index (χ3v) is 4.22. The Labute approximate surface area is 169 Å². The van der Waals surface area contributed by atoms with Gasteiger partial charge in [0.25, 0.3) is 0 Å². The van der Waals surface area contributed by atoms with Crippen LogP contribution in [0.25, 0.3) is 0 Å². The highest BCUT2D eigenvalue weighted by atomic mass is 16.2. The smallest absolute Gasteiger partial charge is 0.234 e. The molecule has 1 saturated heterocycles. The molecule has 0 unspecified atom stereocenters. The summed E-state index contributed by atoms with van der Waals surface area (Å²) in [5.74, 6) is 0.0188. The Balaban J connectivity index is 0.00000171. The number of benzene rings is 1. The van der Waals surface area contributed by atoms with E-state index in [9.17, 15) is 9.59 Å². The van der Waals surface area contributed by atoms with Gasteiger partial charge in [-0.25, -0.2) is 5.01 Å². The van der Waals surface area contributed by atoms with Crippen LogP contribution in [0, 0.1) is 0 Å². The predicted molar refractivity (Wildman–Crippen MR) is 115 cm³/mol. The molecular weight excluding hydrogens is 356 g/mol. The van der Waals surface area contributed by atoms with Crippen molar-refractivity contribution in [1.29, 1.82) is 0 Å². The molecule has 158 valence electrons. The Hall–Kier alpha value is -2.25. The first-order valence-electron chi connectivity index (χ1n) is 9.97. The number of carbonyl (C=O) groups excluding carboxylic acids is 3. The van der Waals surface area contributed by atoms with Crippen LogP contribution in [0.15, 0.2) is 18.2 Å². The fourth-order valence-electron chi connectivity index (χ4n) is 2.86. The van der Waals surface area contributed by atoms with E-state index in [1.165, 1.54) is 0 Å². The Kier molecular flexibility index (Phi) is 14.5. The van der Waals surface area contributed by atoms with Crippen LogP contribution < -0.4 is 15.6 Å². The van der Waals surface area contributed by atoms with Gasteiger partial charge in [-0.15, -0.1) is 0 Å². The molecule has 1 amide bonds. The Morgan fingerprint density at radius 3 is 2.50 bits per heavy atom. The maximum atomic E-state index is 11.8. The third kappa shape index (κ3) is 9.10. The normalized spacial score (nSPS) is 13.0. The largest absolute Gasteiger partial charge is 0.369 e. The van der Waals surface area contributed by atoms with Crippen LogP contribution in [0.1, 0.15) is 56.0 Å². The summed E-state index contributed by atoms with van der Waals surface area (Å²) in [4.78, 5) is 33.5. The van der Waals surface area contributed by atoms with Gasteiger partial charge in [-0.05, 0) is 30.2 Å². The summed E-state index contributed by atoms with van der Waals surface area (Å²) >= 11 is 0. The molecule has 0 aromatic heterocycles. The highest BCUT2D eigenvalue weighted by molar-refractivity contribution is 5.79. The van der Waals surface area contributed by atoms with Crippen LogP contribution in [-0.2, 0) is 16.1 Å². The Morgan fingerprint density at radius 2 is 1.93 bits per heavy atom. The standard InChI is InChI=1S/C18H28N4O2.C2H6.CH2O/c1-3-4-5-18(24)20-21(2)13-16-12-17(7-6-15(16)14-23)22-10-8-19-9-11-22;2*1-2/h6-7,12,14,19H,3-5,8-11,13H2,1-2H3,(H,20,24);1-2H3;1H2. The molecule has 1 aliphatic rings. The summed E-state index contributed by atoms with van der Waals surface area (Å²) < 4.78 is 0. The van der Waals surface area contributed by atoms with Crippen molar-refractivity contribution in [3.05, 3.63) is 29.3 Å². The summed E-state index contributed by atoms with van der Waals surface area (Å²) in [6.07, 6.45) is 3.29. The number of hydrogen-bond donors (Lipinski definition) is 2. The summed E-state index contributed by atoms with van der Waals surface area (Å²) in [5, 5.41) is 5.09. The number of nitrogens with zero attached hydrogens (tertiary/aromatic N) is 2. The lowest BCUT2D eigenvalue weighted by Gasteiger charge is -2.30. The van der Waals surface area contributed by atoms with Crippen LogP contribution in [0.5, 0.6) is 0 Å². The van der Waals surface area contributed by atoms with E-state index in [1.54, 1.807) is 5.01 Å². The molecule has 2 N–H and O–H groups in total. The fraction of sp³-hybridized carbons (Fsp3) is 0.571. The third-order valence-electron chi connectivity index (χ3n) is 4.22. The molecular formula is C21H36N4O3. The summed E-state index contributed by atoms with van der Waals surface area (Å²) in [6, 6.07) is 5.93. The highest BCUT2D eigenvalue weighted by Crippen LogP contribution is 2.20. The minimum Gasteiger partial charge on any atom is -0.369 e. The van der Waals surface area contributed by atoms with E-state index < -0.39 is 0 Å². The van der Waals surface area contributed by atoms with E-state index in [0.29, 0.717) is 18.5 Å². The number of hydrazine groups is 1. The van der Waals surface area contributed by atoms with E-state index in [1.807, 2.05) is 39.8 Å². The van der Waals surface area contributed by atoms with Crippen LogP contribution in [0.4, 0.5) is 5.69 Å². The van der Waals surface area contributed by atoms with Crippen LogP contribution in [-0.4, -0.2) is 57.2 Å². The molecule has 0 saturated carbocycles. The number of amides is 1. The average Bonchev–Trinajstić information content (AvgIpc) is 2.75. The number of hydrogen-bond acceptors (Lipinski definition) is 6. The van der Waals surface area contributed by atoms with Gasteiger partial charge < -0.3 is 15.0 Å². The molecule has 7 nitrogen and oxygen atoms in total. The van der Waals surface area contributed by atoms with Crippen molar-refractivity contribution in [3.8, 4) is 0 Å². The topological polar surface area (TPSA) is 81.8 Å². The number of anilines is 1. The van der Waals surface area contributed by atoms with Crippen molar-refractivity contribution in [2.24, 2.45) is 0 Å². The number of piperazine rings is 1. The molecule has 0 aliphatic carbocycles. The number of unbranched alkanes of at least 4 members (excludes halogenated alkanes) is 1. The minimum absolute atomic E-state index is 0.0188. The maximum absolute atomic E-state index is 11.8. The monoisotopic (exact) mass is 392 g/mol. The highest BCUT2D eigenvalue weighted by Gasteiger charge is 2.14. The molecule has 1 aromatic rings. The molecule has 1 fully saturated rings. The second kappa shape index (κ2) is 15.8. The quantitative estimate of drug-likeness (QED) is 0.522. The van der Waals surface area contributed by atoms with Crippen molar-refractivity contribution in [2.75, 3.05) is 38.1 Å². The van der Waals surface area contributed by atoms with Crippen molar-refractivity contribution in [2.45, 2.75) is 46.6 Å². The van der Waals surface area contributed by atoms with E-state index in [4.69, 9.17) is 4.79 Å². The fourth-order valence-corrected chi connectivity index (χ4v) is 2.86. The van der Waals surface area contributed by atoms with Crippen molar-refractivity contribution in [1.82, 2.24) is 15.8 Å². The maximum Gasteiger partial charge on any atom is 0.234 e. The van der Waals surface area contributed by atoms with Gasteiger partial charge in [0, 0.05) is 57.4 Å². The second-order valence-corrected chi connectivity index (χ2v) is 6.23. The molecule has 1 heterocycles. The van der Waals surface area contributed by atoms with E-state index in [-0.39, 0.29) is 5.91 Å². The predicted octanol–water partition coefficient (Wildman–Crippen LogP) is 2.40. The lowest BCUT2D eigenvalue weighted by molar-refractivity contribution is -0.125. The van der Waals surface area contributed by atoms with Crippen LogP contribution in [0.3, 0.4) is 0 Å². The first kappa shape index (κ1) is 25.8. The molecule has 0 radical (unpaired) electrons. The van der Waals surface area contributed by atoms with Gasteiger partial charge in [0.05, 0.1) is 0 Å². The molecule has 1 aromatic carbocycles. The second-order valence-electron chi connectivity index (χ2n) is 6.23. The van der Waals surface area contributed by atoms with Gasteiger partial charge in [-0.3, -0.25) is 15.0 Å². The number of aldehydes is 1. The molecule has 7 heteroatoms. The van der Waals surface area contributed by atoms with Crippen molar-refractivity contribution < 1.29 is 14.4 Å². The summed E-state index contributed by atoms with van der Waals surface area (Å²) in [5.41, 5.74) is 5.60.